The van der Waals surface area contributed by atoms with Crippen molar-refractivity contribution in [2.24, 2.45) is 4.99 Å². The maximum absolute atomic E-state index is 14.6. The molecule has 174 valence electrons. The number of anilines is 1. The Hall–Kier alpha value is -4.01. The van der Waals surface area contributed by atoms with Crippen LogP contribution in [0, 0.1) is 11.6 Å². The first-order valence-corrected chi connectivity index (χ1v) is 10.9. The summed E-state index contributed by atoms with van der Waals surface area (Å²) in [5.74, 6) is -1.36. The average molecular weight is 464 g/mol. The molecule has 0 bridgehead atoms. The van der Waals surface area contributed by atoms with Crippen LogP contribution in [0.1, 0.15) is 32.0 Å². The first kappa shape index (κ1) is 21.8. The number of rotatable bonds is 4. The molecule has 2 aliphatic heterocycles. The quantitative estimate of drug-likeness (QED) is 0.592. The monoisotopic (exact) mass is 464 g/mol. The lowest BCUT2D eigenvalue weighted by atomic mass is 10.1. The van der Waals surface area contributed by atoms with Crippen molar-refractivity contribution in [1.29, 1.82) is 0 Å². The number of carbonyl (C=O) groups is 2. The summed E-state index contributed by atoms with van der Waals surface area (Å²) in [5, 5.41) is 0. The van der Waals surface area contributed by atoms with Gasteiger partial charge in [0.15, 0.2) is 5.76 Å². The summed E-state index contributed by atoms with van der Waals surface area (Å²) in [7, 11) is 0. The van der Waals surface area contributed by atoms with Crippen molar-refractivity contribution in [3.8, 4) is 0 Å². The van der Waals surface area contributed by atoms with E-state index in [1.807, 2.05) is 11.0 Å². The van der Waals surface area contributed by atoms with E-state index < -0.39 is 11.7 Å². The van der Waals surface area contributed by atoms with Gasteiger partial charge in [-0.05, 0) is 42.0 Å². The number of furan rings is 1. The topological polar surface area (TPSA) is 69.4 Å². The number of halogens is 2. The summed E-state index contributed by atoms with van der Waals surface area (Å²) in [4.78, 5) is 34.8. The minimum absolute atomic E-state index is 0.0247. The number of amides is 2. The zero-order valence-corrected chi connectivity index (χ0v) is 18.3. The number of aliphatic imine (C=N–C) groups is 1. The van der Waals surface area contributed by atoms with Gasteiger partial charge in [0.2, 0.25) is 0 Å². The van der Waals surface area contributed by atoms with E-state index in [-0.39, 0.29) is 23.0 Å². The van der Waals surface area contributed by atoms with Crippen molar-refractivity contribution < 1.29 is 22.8 Å². The van der Waals surface area contributed by atoms with Gasteiger partial charge in [0, 0.05) is 38.9 Å². The molecule has 0 aliphatic carbocycles. The van der Waals surface area contributed by atoms with Crippen molar-refractivity contribution in [3.63, 3.8) is 0 Å². The summed E-state index contributed by atoms with van der Waals surface area (Å²) in [6.07, 6.45) is 2.95. The lowest BCUT2D eigenvalue weighted by molar-refractivity contribution is 0.0515. The zero-order valence-electron chi connectivity index (χ0n) is 18.3. The number of benzene rings is 2. The minimum atomic E-state index is -0.606. The molecule has 3 heterocycles. The third kappa shape index (κ3) is 4.16. The van der Waals surface area contributed by atoms with E-state index in [9.17, 15) is 18.4 Å². The van der Waals surface area contributed by atoms with Crippen LogP contribution < -0.4 is 4.90 Å². The van der Waals surface area contributed by atoms with Gasteiger partial charge in [-0.2, -0.15) is 0 Å². The van der Waals surface area contributed by atoms with Gasteiger partial charge in [0.1, 0.15) is 18.3 Å². The number of nitrogens with zero attached hydrogens (tertiary/aromatic N) is 4. The fourth-order valence-corrected chi connectivity index (χ4v) is 4.27. The molecule has 1 saturated heterocycles. The highest BCUT2D eigenvalue weighted by Gasteiger charge is 2.28. The largest absolute Gasteiger partial charge is 0.459 e. The highest BCUT2D eigenvalue weighted by atomic mass is 19.1. The van der Waals surface area contributed by atoms with E-state index in [0.29, 0.717) is 56.2 Å². The fourth-order valence-electron chi connectivity index (χ4n) is 4.27. The van der Waals surface area contributed by atoms with Gasteiger partial charge in [-0.1, -0.05) is 12.1 Å². The van der Waals surface area contributed by atoms with E-state index in [1.165, 1.54) is 30.7 Å². The average Bonchev–Trinajstić information content (AvgIpc) is 3.40. The molecule has 5 rings (SSSR count). The number of carbonyl (C=O) groups excluding carboxylic acids is 2. The smallest absolute Gasteiger partial charge is 0.289 e. The molecule has 0 N–H and O–H groups in total. The Labute approximate surface area is 194 Å². The van der Waals surface area contributed by atoms with Crippen LogP contribution in [0.3, 0.4) is 0 Å². The molecule has 2 aromatic carbocycles. The Kier molecular flexibility index (Phi) is 5.83. The minimum Gasteiger partial charge on any atom is -0.459 e. The molecule has 3 aromatic rings. The van der Waals surface area contributed by atoms with Crippen LogP contribution in [0.25, 0.3) is 0 Å². The van der Waals surface area contributed by atoms with Crippen LogP contribution in [0.15, 0.2) is 64.2 Å². The van der Waals surface area contributed by atoms with Gasteiger partial charge in [-0.3, -0.25) is 14.6 Å². The number of fused-ring (bicyclic) bond motifs is 1. The summed E-state index contributed by atoms with van der Waals surface area (Å²) in [6, 6.07) is 12.5. The molecule has 2 aliphatic rings. The van der Waals surface area contributed by atoms with Crippen molar-refractivity contribution in [1.82, 2.24) is 9.80 Å². The second-order valence-corrected chi connectivity index (χ2v) is 8.20. The zero-order chi connectivity index (χ0) is 23.7. The van der Waals surface area contributed by atoms with E-state index in [0.717, 1.165) is 0 Å². The third-order valence-electron chi connectivity index (χ3n) is 6.06. The summed E-state index contributed by atoms with van der Waals surface area (Å²) in [5.41, 5.74) is 1.80. The first-order valence-electron chi connectivity index (χ1n) is 10.9. The lowest BCUT2D eigenvalue weighted by Crippen LogP contribution is -2.50. The molecule has 0 atom stereocenters. The Morgan fingerprint density at radius 3 is 2.41 bits per heavy atom. The van der Waals surface area contributed by atoms with Gasteiger partial charge in [-0.25, -0.2) is 8.78 Å². The third-order valence-corrected chi connectivity index (χ3v) is 6.06. The molecule has 1 aromatic heterocycles. The van der Waals surface area contributed by atoms with Crippen LogP contribution in [-0.2, 0) is 6.54 Å². The Morgan fingerprint density at radius 1 is 0.912 bits per heavy atom. The van der Waals surface area contributed by atoms with Crippen molar-refractivity contribution >= 4 is 23.7 Å². The Bertz CT molecular complexity index is 1250. The molecular formula is C25H22F2N4O3. The van der Waals surface area contributed by atoms with Gasteiger partial charge >= 0.3 is 0 Å². The van der Waals surface area contributed by atoms with Crippen molar-refractivity contribution in [2.45, 2.75) is 6.54 Å². The highest BCUT2D eigenvalue weighted by molar-refractivity contribution is 5.95. The maximum atomic E-state index is 14.6. The predicted molar refractivity (Wildman–Crippen MR) is 122 cm³/mol. The normalized spacial score (nSPS) is 15.4. The number of piperazine rings is 1. The summed E-state index contributed by atoms with van der Waals surface area (Å²) in [6.45, 7) is 1.94. The lowest BCUT2D eigenvalue weighted by Gasteiger charge is -2.34. The molecule has 9 heteroatoms. The predicted octanol–water partition coefficient (Wildman–Crippen LogP) is 3.55. The molecule has 1 fully saturated rings. The number of hydrogen-bond donors (Lipinski definition) is 0. The molecule has 0 radical (unpaired) electrons. The molecule has 0 spiro atoms. The second-order valence-electron chi connectivity index (χ2n) is 8.20. The SMILES string of the molecule is O=C(c1ccco1)N1CCN(C(=O)c2cc(CN3CN=Cc4c(F)cccc43)ccc2F)CC1. The van der Waals surface area contributed by atoms with Gasteiger partial charge in [0.05, 0.1) is 23.1 Å². The fraction of sp³-hybridized carbons (Fsp3) is 0.240. The van der Waals surface area contributed by atoms with Crippen molar-refractivity contribution in [3.05, 3.63) is 88.9 Å². The summed E-state index contributed by atoms with van der Waals surface area (Å²) < 4.78 is 33.9. The molecule has 7 nitrogen and oxygen atoms in total. The maximum Gasteiger partial charge on any atom is 0.289 e. The first-order chi connectivity index (χ1) is 16.5. The molecule has 0 unspecified atom stereocenters. The van der Waals surface area contributed by atoms with Crippen LogP contribution in [0.4, 0.5) is 14.5 Å². The van der Waals surface area contributed by atoms with Crippen LogP contribution >= 0.6 is 0 Å². The van der Waals surface area contributed by atoms with Crippen molar-refractivity contribution in [2.75, 3.05) is 37.7 Å². The summed E-state index contributed by atoms with van der Waals surface area (Å²) >= 11 is 0. The second kappa shape index (κ2) is 9.09. The van der Waals surface area contributed by atoms with E-state index in [4.69, 9.17) is 4.42 Å². The van der Waals surface area contributed by atoms with Gasteiger partial charge < -0.3 is 19.1 Å². The molecular weight excluding hydrogens is 442 g/mol. The van der Waals surface area contributed by atoms with E-state index >= 15 is 0 Å². The molecule has 2 amide bonds. The standard InChI is InChI=1S/C25H22F2N4O3/c26-20-3-1-4-22-19(20)14-28-16-31(22)15-17-6-7-21(27)18(13-17)24(32)29-8-10-30(11-9-29)25(33)23-5-2-12-34-23/h1-7,12-14H,8-11,15-16H2. The highest BCUT2D eigenvalue weighted by Crippen LogP contribution is 2.27. The van der Waals surface area contributed by atoms with Crippen LogP contribution in [-0.4, -0.2) is 60.7 Å². The van der Waals surface area contributed by atoms with Crippen LogP contribution in [0.2, 0.25) is 0 Å². The van der Waals surface area contributed by atoms with Gasteiger partial charge in [0.25, 0.3) is 11.8 Å². The Morgan fingerprint density at radius 2 is 1.68 bits per heavy atom. The Balaban J connectivity index is 1.28. The van der Waals surface area contributed by atoms with Gasteiger partial charge in [-0.15, -0.1) is 0 Å². The molecule has 0 saturated carbocycles. The van der Waals surface area contributed by atoms with E-state index in [1.54, 1.807) is 34.1 Å². The number of hydrogen-bond acceptors (Lipinski definition) is 5. The van der Waals surface area contributed by atoms with Crippen LogP contribution in [0.5, 0.6) is 0 Å². The van der Waals surface area contributed by atoms with E-state index in [2.05, 4.69) is 4.99 Å². The molecule has 34 heavy (non-hydrogen) atoms.